The summed E-state index contributed by atoms with van der Waals surface area (Å²) >= 11 is 0. The van der Waals surface area contributed by atoms with Crippen LogP contribution in [-0.2, 0) is 0 Å². The van der Waals surface area contributed by atoms with Gasteiger partial charge in [0.25, 0.3) is 0 Å². The average Bonchev–Trinajstić information content (AvgIpc) is 2.69. The fraction of sp³-hybridized carbons (Fsp3) is 0.294. The first-order chi connectivity index (χ1) is 9.75. The lowest BCUT2D eigenvalue weighted by Crippen LogP contribution is -2.27. The van der Waals surface area contributed by atoms with Crippen molar-refractivity contribution in [2.24, 2.45) is 0 Å². The highest BCUT2D eigenvalue weighted by molar-refractivity contribution is 5.60. The molecular weight excluding hydrogens is 250 g/mol. The minimum absolute atomic E-state index is 0.249. The molecule has 3 nitrogen and oxygen atoms in total. The van der Waals surface area contributed by atoms with E-state index in [9.17, 15) is 5.11 Å². The van der Waals surface area contributed by atoms with Gasteiger partial charge >= 0.3 is 0 Å². The summed E-state index contributed by atoms with van der Waals surface area (Å²) in [6, 6.07) is 15.9. The van der Waals surface area contributed by atoms with E-state index in [2.05, 4.69) is 17.9 Å². The Labute approximate surface area is 119 Å². The lowest BCUT2D eigenvalue weighted by atomic mass is 10.1. The molecule has 3 rings (SSSR count). The van der Waals surface area contributed by atoms with Crippen LogP contribution in [0.1, 0.15) is 24.9 Å². The van der Waals surface area contributed by atoms with E-state index in [0.717, 1.165) is 31.0 Å². The zero-order valence-corrected chi connectivity index (χ0v) is 11.6. The topological polar surface area (TPSA) is 32.7 Å². The molecule has 20 heavy (non-hydrogen) atoms. The third kappa shape index (κ3) is 2.44. The highest BCUT2D eigenvalue weighted by atomic mass is 16.5. The van der Waals surface area contributed by atoms with Crippen molar-refractivity contribution in [3.8, 4) is 11.5 Å². The van der Waals surface area contributed by atoms with Crippen molar-refractivity contribution in [3.63, 3.8) is 0 Å². The Morgan fingerprint density at radius 2 is 1.85 bits per heavy atom. The smallest absolute Gasteiger partial charge is 0.142 e. The Morgan fingerprint density at radius 1 is 1.10 bits per heavy atom. The zero-order chi connectivity index (χ0) is 13.9. The quantitative estimate of drug-likeness (QED) is 0.901. The van der Waals surface area contributed by atoms with E-state index in [4.69, 9.17) is 4.74 Å². The van der Waals surface area contributed by atoms with Gasteiger partial charge in [-0.15, -0.1) is 0 Å². The summed E-state index contributed by atoms with van der Waals surface area (Å²) in [7, 11) is 0. The molecule has 1 aliphatic rings. The first-order valence-corrected chi connectivity index (χ1v) is 7.03. The predicted octanol–water partition coefficient (Wildman–Crippen LogP) is 3.74. The molecule has 0 fully saturated rings. The van der Waals surface area contributed by atoms with Crippen molar-refractivity contribution in [2.45, 2.75) is 19.4 Å². The maximum atomic E-state index is 9.42. The van der Waals surface area contributed by atoms with Crippen molar-refractivity contribution in [1.29, 1.82) is 0 Å². The van der Waals surface area contributed by atoms with Gasteiger partial charge in [-0.05, 0) is 43.2 Å². The van der Waals surface area contributed by atoms with E-state index in [-0.39, 0.29) is 6.04 Å². The summed E-state index contributed by atoms with van der Waals surface area (Å²) in [5, 5.41) is 9.42. The first kappa shape index (κ1) is 12.9. The zero-order valence-electron chi connectivity index (χ0n) is 11.6. The third-order valence-corrected chi connectivity index (χ3v) is 3.82. The maximum Gasteiger partial charge on any atom is 0.142 e. The molecule has 1 heterocycles. The van der Waals surface area contributed by atoms with Crippen LogP contribution >= 0.6 is 0 Å². The van der Waals surface area contributed by atoms with E-state index in [1.807, 2.05) is 30.3 Å². The molecule has 0 aliphatic carbocycles. The lowest BCUT2D eigenvalue weighted by molar-refractivity contribution is 0.322. The molecule has 2 aromatic rings. The van der Waals surface area contributed by atoms with Gasteiger partial charge in [0, 0.05) is 6.54 Å². The number of phenolic OH excluding ortho intramolecular Hbond substituents is 1. The number of hydrogen-bond donors (Lipinski definition) is 1. The van der Waals surface area contributed by atoms with Crippen LogP contribution in [0.15, 0.2) is 48.5 Å². The van der Waals surface area contributed by atoms with Crippen molar-refractivity contribution >= 4 is 5.69 Å². The van der Waals surface area contributed by atoms with Gasteiger partial charge in [-0.2, -0.15) is 0 Å². The van der Waals surface area contributed by atoms with E-state index < -0.39 is 0 Å². The van der Waals surface area contributed by atoms with Crippen LogP contribution in [0, 0.1) is 0 Å². The Morgan fingerprint density at radius 3 is 2.65 bits per heavy atom. The van der Waals surface area contributed by atoms with Crippen LogP contribution in [0.3, 0.4) is 0 Å². The van der Waals surface area contributed by atoms with Gasteiger partial charge in [0.05, 0.1) is 18.3 Å². The summed E-state index contributed by atoms with van der Waals surface area (Å²) < 4.78 is 5.80. The van der Waals surface area contributed by atoms with Gasteiger partial charge < -0.3 is 14.7 Å². The van der Waals surface area contributed by atoms with Crippen LogP contribution in [0.2, 0.25) is 0 Å². The van der Waals surface area contributed by atoms with Gasteiger partial charge in [-0.1, -0.05) is 24.3 Å². The van der Waals surface area contributed by atoms with Gasteiger partial charge in [0.1, 0.15) is 11.5 Å². The molecule has 1 unspecified atom stereocenters. The third-order valence-electron chi connectivity index (χ3n) is 3.82. The maximum absolute atomic E-state index is 9.42. The second-order valence-corrected chi connectivity index (χ2v) is 5.13. The minimum atomic E-state index is 0.249. The van der Waals surface area contributed by atoms with Gasteiger partial charge in [-0.25, -0.2) is 0 Å². The largest absolute Gasteiger partial charge is 0.508 e. The standard InChI is InChI=1S/C17H19NO2/c1-13(14-7-9-15(19)10-8-14)18-11-4-12-20-17-6-3-2-5-16(17)18/h2-3,5-10,13,19H,4,11-12H2,1H3. The van der Waals surface area contributed by atoms with E-state index in [0.29, 0.717) is 5.75 Å². The highest BCUT2D eigenvalue weighted by Crippen LogP contribution is 2.36. The minimum Gasteiger partial charge on any atom is -0.508 e. The van der Waals surface area contributed by atoms with Gasteiger partial charge in [0.15, 0.2) is 0 Å². The second-order valence-electron chi connectivity index (χ2n) is 5.13. The number of hydrogen-bond acceptors (Lipinski definition) is 3. The number of fused-ring (bicyclic) bond motifs is 1. The molecule has 0 amide bonds. The molecule has 0 bridgehead atoms. The summed E-state index contributed by atoms with van der Waals surface area (Å²) in [4.78, 5) is 2.37. The number of ether oxygens (including phenoxy) is 1. The van der Waals surface area contributed by atoms with Crippen LogP contribution in [0.25, 0.3) is 0 Å². The van der Waals surface area contributed by atoms with Crippen LogP contribution in [0.4, 0.5) is 5.69 Å². The molecule has 0 aromatic heterocycles. The number of benzene rings is 2. The fourth-order valence-electron chi connectivity index (χ4n) is 2.69. The van der Waals surface area contributed by atoms with Crippen LogP contribution < -0.4 is 9.64 Å². The van der Waals surface area contributed by atoms with E-state index >= 15 is 0 Å². The Kier molecular flexibility index (Phi) is 3.50. The predicted molar refractivity (Wildman–Crippen MR) is 80.4 cm³/mol. The van der Waals surface area contributed by atoms with Crippen molar-refractivity contribution < 1.29 is 9.84 Å². The lowest BCUT2D eigenvalue weighted by Gasteiger charge is -2.31. The number of nitrogens with zero attached hydrogens (tertiary/aromatic N) is 1. The molecule has 104 valence electrons. The molecule has 0 saturated carbocycles. The first-order valence-electron chi connectivity index (χ1n) is 7.03. The highest BCUT2D eigenvalue weighted by Gasteiger charge is 2.21. The normalized spacial score (nSPS) is 15.9. The number of phenols is 1. The molecule has 2 aromatic carbocycles. The number of aromatic hydroxyl groups is 1. The van der Waals surface area contributed by atoms with Gasteiger partial charge in [-0.3, -0.25) is 0 Å². The number of para-hydroxylation sites is 2. The summed E-state index contributed by atoms with van der Waals surface area (Å²) in [5.74, 6) is 1.26. The molecule has 3 heteroatoms. The molecular formula is C17H19NO2. The molecule has 0 spiro atoms. The summed E-state index contributed by atoms with van der Waals surface area (Å²) in [6.07, 6.45) is 1.01. The summed E-state index contributed by atoms with van der Waals surface area (Å²) in [6.45, 7) is 3.92. The molecule has 1 aliphatic heterocycles. The SMILES string of the molecule is CC(c1ccc(O)cc1)N1CCCOc2ccccc21. The van der Waals surface area contributed by atoms with Crippen LogP contribution in [-0.4, -0.2) is 18.3 Å². The van der Waals surface area contributed by atoms with Gasteiger partial charge in [0.2, 0.25) is 0 Å². The Bertz CT molecular complexity index is 580. The monoisotopic (exact) mass is 269 g/mol. The Balaban J connectivity index is 1.94. The second kappa shape index (κ2) is 5.45. The fourth-order valence-corrected chi connectivity index (χ4v) is 2.69. The van der Waals surface area contributed by atoms with Crippen LogP contribution in [0.5, 0.6) is 11.5 Å². The summed E-state index contributed by atoms with van der Waals surface area (Å²) in [5.41, 5.74) is 2.34. The molecule has 1 N–H and O–H groups in total. The molecule has 0 radical (unpaired) electrons. The van der Waals surface area contributed by atoms with E-state index in [1.54, 1.807) is 12.1 Å². The Hall–Kier alpha value is -2.16. The van der Waals surface area contributed by atoms with E-state index in [1.165, 1.54) is 5.56 Å². The number of rotatable bonds is 2. The van der Waals surface area contributed by atoms with Crippen molar-refractivity contribution in [1.82, 2.24) is 0 Å². The number of anilines is 1. The molecule has 1 atom stereocenters. The average molecular weight is 269 g/mol. The molecule has 0 saturated heterocycles. The van der Waals surface area contributed by atoms with Crippen molar-refractivity contribution in [2.75, 3.05) is 18.1 Å². The van der Waals surface area contributed by atoms with Crippen molar-refractivity contribution in [3.05, 3.63) is 54.1 Å².